The van der Waals surface area contributed by atoms with E-state index in [4.69, 9.17) is 37.9 Å². The summed E-state index contributed by atoms with van der Waals surface area (Å²) >= 11 is 14.0. The number of methoxy groups -OCH3 is 1. The maximum absolute atomic E-state index is 13.7. The maximum atomic E-state index is 13.7. The van der Waals surface area contributed by atoms with E-state index in [1.165, 1.54) is 0 Å². The van der Waals surface area contributed by atoms with Crippen LogP contribution < -0.4 is 20.7 Å². The second-order valence-electron chi connectivity index (χ2n) is 13.3. The third kappa shape index (κ3) is 7.12. The summed E-state index contributed by atoms with van der Waals surface area (Å²) in [7, 11) is 3.43. The van der Waals surface area contributed by atoms with Gasteiger partial charge in [-0.05, 0) is 30.7 Å². The molecule has 1 atom stereocenters. The average Bonchev–Trinajstić information content (AvgIpc) is 3.88. The molecule has 0 saturated carbocycles. The summed E-state index contributed by atoms with van der Waals surface area (Å²) in [6, 6.07) is 12.9. The number of rotatable bonds is 11. The molecule has 2 aliphatic rings. The van der Waals surface area contributed by atoms with E-state index in [0.29, 0.717) is 83.3 Å². The number of carbonyl (C=O) groups excluding carboxylic acids is 2. The Morgan fingerprint density at radius 3 is 2.72 bits per heavy atom. The van der Waals surface area contributed by atoms with Gasteiger partial charge in [-0.25, -0.2) is 19.9 Å². The second kappa shape index (κ2) is 15.1. The first-order chi connectivity index (χ1) is 26.2. The topological polar surface area (TPSA) is 156 Å². The van der Waals surface area contributed by atoms with Crippen LogP contribution in [-0.2, 0) is 37.9 Å². The Hall–Kier alpha value is -5.41. The first-order valence-corrected chi connectivity index (χ1v) is 18.4. The normalized spacial score (nSPS) is 15.7. The Labute approximate surface area is 320 Å². The lowest BCUT2D eigenvalue weighted by Gasteiger charge is -2.25. The van der Waals surface area contributed by atoms with Gasteiger partial charge in [0.1, 0.15) is 0 Å². The smallest absolute Gasteiger partial charge is 0.291 e. The maximum Gasteiger partial charge on any atom is 0.291 e. The van der Waals surface area contributed by atoms with Crippen LogP contribution in [0.2, 0.25) is 10.0 Å². The standard InChI is InChI=1S/C38H37Cl2N11O3/c1-49-30-12-16-50(19-24-20-51-15-4-13-43-38(51)45-24)21-29(30)46-35(49)36(53)47-28-6-3-5-26(32(28)39)34-33(40)25(11-14-42-34)27-9-7-22(37(48-27)54-2)17-41-18-23-8-10-31(52)44-23/h3-7,9,11,13-15,20,23,41H,8,10,12,16-19,21H2,1-2H3,(H,44,52)(H,47,53)/t23-/m0/s1. The number of carbonyl (C=O) groups is 2. The molecule has 2 amide bonds. The molecule has 6 aromatic rings. The Bertz CT molecular complexity index is 2360. The number of nitrogens with zero attached hydrogens (tertiary/aromatic N) is 8. The van der Waals surface area contributed by atoms with E-state index in [1.54, 1.807) is 43.8 Å². The first-order valence-electron chi connectivity index (χ1n) is 17.6. The Morgan fingerprint density at radius 2 is 1.91 bits per heavy atom. The Kier molecular flexibility index (Phi) is 9.99. The molecule has 7 heterocycles. The third-order valence-electron chi connectivity index (χ3n) is 9.80. The van der Waals surface area contributed by atoms with Crippen molar-refractivity contribution >= 4 is 46.5 Å². The molecule has 0 aliphatic carbocycles. The van der Waals surface area contributed by atoms with Crippen LogP contribution >= 0.6 is 23.2 Å². The van der Waals surface area contributed by atoms with Crippen LogP contribution in [0.1, 0.15) is 46.1 Å². The number of hydrogen-bond acceptors (Lipinski definition) is 10. The van der Waals surface area contributed by atoms with Crippen molar-refractivity contribution in [2.24, 2.45) is 7.05 Å². The van der Waals surface area contributed by atoms with Gasteiger partial charge in [0.25, 0.3) is 5.91 Å². The van der Waals surface area contributed by atoms with Gasteiger partial charge in [-0.1, -0.05) is 41.4 Å². The van der Waals surface area contributed by atoms with Crippen LogP contribution in [0, 0.1) is 0 Å². The van der Waals surface area contributed by atoms with Crippen molar-refractivity contribution in [1.82, 2.24) is 49.4 Å². The van der Waals surface area contributed by atoms with Crippen LogP contribution in [0.25, 0.3) is 28.3 Å². The lowest BCUT2D eigenvalue weighted by Crippen LogP contribution is -2.35. The highest BCUT2D eigenvalue weighted by Gasteiger charge is 2.27. The van der Waals surface area contributed by atoms with Gasteiger partial charge in [-0.3, -0.25) is 23.9 Å². The number of ether oxygens (including phenoxy) is 1. The highest BCUT2D eigenvalue weighted by molar-refractivity contribution is 6.39. The van der Waals surface area contributed by atoms with E-state index in [9.17, 15) is 9.59 Å². The van der Waals surface area contributed by atoms with Gasteiger partial charge in [0.2, 0.25) is 17.6 Å². The summed E-state index contributed by atoms with van der Waals surface area (Å²) in [5.41, 5.74) is 6.30. The fraction of sp³-hybridized carbons (Fsp3) is 0.289. The van der Waals surface area contributed by atoms with Crippen molar-refractivity contribution in [2.45, 2.75) is 44.9 Å². The van der Waals surface area contributed by atoms with E-state index in [1.807, 2.05) is 46.6 Å². The quantitative estimate of drug-likeness (QED) is 0.163. The van der Waals surface area contributed by atoms with Crippen molar-refractivity contribution in [3.05, 3.63) is 106 Å². The fourth-order valence-corrected chi connectivity index (χ4v) is 7.64. The molecule has 16 heteroatoms. The van der Waals surface area contributed by atoms with Crippen LogP contribution in [0.3, 0.4) is 0 Å². The highest BCUT2D eigenvalue weighted by Crippen LogP contribution is 2.40. The summed E-state index contributed by atoms with van der Waals surface area (Å²) in [6.07, 6.45) is 9.41. The minimum atomic E-state index is -0.379. The Morgan fingerprint density at radius 1 is 1.02 bits per heavy atom. The van der Waals surface area contributed by atoms with Gasteiger partial charge in [-0.15, -0.1) is 0 Å². The number of nitrogens with one attached hydrogen (secondary N) is 3. The molecule has 0 spiro atoms. The van der Waals surface area contributed by atoms with Gasteiger partial charge in [0, 0.05) is 106 Å². The lowest BCUT2D eigenvalue weighted by atomic mass is 10.1. The minimum Gasteiger partial charge on any atom is -0.481 e. The van der Waals surface area contributed by atoms with E-state index >= 15 is 0 Å². The number of amides is 2. The SMILES string of the molecule is COc1nc(-c2ccnc(-c3cccc(NC(=O)c4nc5c(n4C)CCN(Cc4cn6cccnc6n4)C5)c3Cl)c2Cl)ccc1CNC[C@@H]1CCC(=O)N1. The van der Waals surface area contributed by atoms with E-state index in [-0.39, 0.29) is 22.9 Å². The molecule has 0 bridgehead atoms. The summed E-state index contributed by atoms with van der Waals surface area (Å²) in [4.78, 5) is 50.5. The van der Waals surface area contributed by atoms with Gasteiger partial charge in [0.15, 0.2) is 5.82 Å². The van der Waals surface area contributed by atoms with Crippen LogP contribution in [0.15, 0.2) is 67.3 Å². The van der Waals surface area contributed by atoms with E-state index in [0.717, 1.165) is 42.0 Å². The molecule has 14 nitrogen and oxygen atoms in total. The molecule has 8 rings (SSSR count). The zero-order chi connectivity index (χ0) is 37.3. The number of imidazole rings is 2. The second-order valence-corrected chi connectivity index (χ2v) is 14.1. The van der Waals surface area contributed by atoms with Crippen LogP contribution in [-0.4, -0.2) is 76.8 Å². The molecular weight excluding hydrogens is 729 g/mol. The molecule has 0 radical (unpaired) electrons. The van der Waals surface area contributed by atoms with Crippen molar-refractivity contribution in [3.8, 4) is 28.4 Å². The van der Waals surface area contributed by atoms with Crippen molar-refractivity contribution < 1.29 is 14.3 Å². The van der Waals surface area contributed by atoms with Crippen LogP contribution in [0.4, 0.5) is 5.69 Å². The first kappa shape index (κ1) is 35.6. The number of anilines is 1. The molecule has 0 unspecified atom stereocenters. The van der Waals surface area contributed by atoms with Crippen molar-refractivity contribution in [2.75, 3.05) is 25.5 Å². The summed E-state index contributed by atoms with van der Waals surface area (Å²) in [6.45, 7) is 3.23. The summed E-state index contributed by atoms with van der Waals surface area (Å²) in [5, 5.41) is 9.94. The zero-order valence-electron chi connectivity index (χ0n) is 29.6. The predicted octanol–water partition coefficient (Wildman–Crippen LogP) is 5.08. The largest absolute Gasteiger partial charge is 0.481 e. The number of benzene rings is 1. The number of pyridine rings is 2. The number of hydrogen-bond donors (Lipinski definition) is 3. The van der Waals surface area contributed by atoms with Gasteiger partial charge in [-0.2, -0.15) is 0 Å². The van der Waals surface area contributed by atoms with E-state index in [2.05, 4.69) is 35.8 Å². The molecule has 1 aromatic carbocycles. The molecule has 54 heavy (non-hydrogen) atoms. The molecule has 3 N–H and O–H groups in total. The number of halogens is 2. The number of aromatic nitrogens is 7. The average molecular weight is 767 g/mol. The molecule has 276 valence electrons. The van der Waals surface area contributed by atoms with E-state index < -0.39 is 0 Å². The molecule has 2 aliphatic heterocycles. The zero-order valence-corrected chi connectivity index (χ0v) is 31.2. The minimum absolute atomic E-state index is 0.0854. The highest BCUT2D eigenvalue weighted by atomic mass is 35.5. The molecule has 1 saturated heterocycles. The monoisotopic (exact) mass is 765 g/mol. The lowest BCUT2D eigenvalue weighted by molar-refractivity contribution is -0.119. The molecule has 5 aromatic heterocycles. The Balaban J connectivity index is 0.971. The number of fused-ring (bicyclic) bond motifs is 2. The van der Waals surface area contributed by atoms with Crippen LogP contribution in [0.5, 0.6) is 5.88 Å². The van der Waals surface area contributed by atoms with Crippen molar-refractivity contribution in [1.29, 1.82) is 0 Å². The predicted molar refractivity (Wildman–Crippen MR) is 204 cm³/mol. The third-order valence-corrected chi connectivity index (χ3v) is 10.6. The van der Waals surface area contributed by atoms with Gasteiger partial charge < -0.3 is 25.3 Å². The van der Waals surface area contributed by atoms with Crippen molar-refractivity contribution in [3.63, 3.8) is 0 Å². The fourth-order valence-electron chi connectivity index (χ4n) is 7.07. The molecule has 1 fully saturated rings. The molecular formula is C38H37Cl2N11O3. The summed E-state index contributed by atoms with van der Waals surface area (Å²) < 4.78 is 9.39. The van der Waals surface area contributed by atoms with Gasteiger partial charge in [0.05, 0.1) is 45.6 Å². The van der Waals surface area contributed by atoms with Gasteiger partial charge >= 0.3 is 0 Å². The summed E-state index contributed by atoms with van der Waals surface area (Å²) in [5.74, 6) is 1.12.